The van der Waals surface area contributed by atoms with Crippen molar-refractivity contribution in [3.8, 4) is 5.75 Å². The molecule has 0 radical (unpaired) electrons. The van der Waals surface area contributed by atoms with Crippen molar-refractivity contribution in [2.24, 2.45) is 0 Å². The monoisotopic (exact) mass is 513 g/mol. The molecule has 1 aliphatic heterocycles. The van der Waals surface area contributed by atoms with E-state index in [2.05, 4.69) is 31.1 Å². The molecular weight excluding hydrogens is 482 g/mol. The average molecular weight is 514 g/mol. The Morgan fingerprint density at radius 3 is 2.92 bits per heavy atom. The van der Waals surface area contributed by atoms with Crippen molar-refractivity contribution in [3.05, 3.63) is 66.1 Å². The number of imidazole rings is 1. The third-order valence-electron chi connectivity index (χ3n) is 5.69. The van der Waals surface area contributed by atoms with Crippen LogP contribution in [0.25, 0.3) is 0 Å². The molecule has 0 unspecified atom stereocenters. The maximum atomic E-state index is 12.8. The number of anilines is 1. The third-order valence-corrected chi connectivity index (χ3v) is 6.42. The molecule has 192 valence electrons. The van der Waals surface area contributed by atoms with E-state index >= 15 is 0 Å². The number of benzene rings is 1. The zero-order valence-corrected chi connectivity index (χ0v) is 21.1. The van der Waals surface area contributed by atoms with Crippen molar-refractivity contribution >= 4 is 21.7 Å². The molecule has 0 spiro atoms. The van der Waals surface area contributed by atoms with Gasteiger partial charge in [0.1, 0.15) is 17.4 Å². The second-order valence-corrected chi connectivity index (χ2v) is 10.5. The highest BCUT2D eigenvalue weighted by molar-refractivity contribution is 7.88. The number of hydrogen-bond donors (Lipinski definition) is 2. The molecule has 3 heterocycles. The number of hydrogen-bond acceptors (Lipinski definition) is 8. The van der Waals surface area contributed by atoms with Gasteiger partial charge in [-0.15, -0.1) is 0 Å². The summed E-state index contributed by atoms with van der Waals surface area (Å²) in [5, 5.41) is 2.99. The van der Waals surface area contributed by atoms with Crippen LogP contribution >= 0.6 is 0 Å². The van der Waals surface area contributed by atoms with Crippen molar-refractivity contribution < 1.29 is 17.9 Å². The smallest absolute Gasteiger partial charge is 0.239 e. The molecule has 0 atom stereocenters. The molecule has 4 rings (SSSR count). The fourth-order valence-electron chi connectivity index (χ4n) is 3.96. The second-order valence-electron chi connectivity index (χ2n) is 8.65. The van der Waals surface area contributed by atoms with Crippen LogP contribution in [0.5, 0.6) is 5.75 Å². The third kappa shape index (κ3) is 7.75. The van der Waals surface area contributed by atoms with Crippen LogP contribution in [0.2, 0.25) is 0 Å². The van der Waals surface area contributed by atoms with Gasteiger partial charge in [0.2, 0.25) is 15.9 Å². The Labute approximate surface area is 211 Å². The Morgan fingerprint density at radius 1 is 1.22 bits per heavy atom. The molecule has 11 nitrogen and oxygen atoms in total. The zero-order valence-electron chi connectivity index (χ0n) is 20.3. The molecule has 1 aromatic carbocycles. The molecule has 2 aromatic heterocycles. The van der Waals surface area contributed by atoms with Gasteiger partial charge in [-0.05, 0) is 36.1 Å². The minimum absolute atomic E-state index is 0.0957. The van der Waals surface area contributed by atoms with E-state index in [1.807, 2.05) is 27.8 Å². The summed E-state index contributed by atoms with van der Waals surface area (Å²) >= 11 is 0. The lowest BCUT2D eigenvalue weighted by Crippen LogP contribution is -2.40. The van der Waals surface area contributed by atoms with Gasteiger partial charge < -0.3 is 19.5 Å². The first-order chi connectivity index (χ1) is 17.4. The SMILES string of the molecule is CS(=O)(=O)NCCCN(CC(=O)NCCc1ccc2c(c1)CCO2)c1ccnc(Cn2ccnc2)n1. The fourth-order valence-corrected chi connectivity index (χ4v) is 4.47. The van der Waals surface area contributed by atoms with Crippen molar-refractivity contribution in [1.29, 1.82) is 0 Å². The molecule has 3 aromatic rings. The Bertz CT molecular complexity index is 1270. The van der Waals surface area contributed by atoms with E-state index in [0.717, 1.165) is 37.0 Å². The minimum atomic E-state index is -3.28. The van der Waals surface area contributed by atoms with Crippen molar-refractivity contribution in [1.82, 2.24) is 29.6 Å². The number of amides is 1. The first-order valence-corrected chi connectivity index (χ1v) is 13.7. The number of carbonyl (C=O) groups is 1. The first-order valence-electron chi connectivity index (χ1n) is 11.8. The van der Waals surface area contributed by atoms with E-state index in [-0.39, 0.29) is 19.0 Å². The number of nitrogens with zero attached hydrogens (tertiary/aromatic N) is 5. The van der Waals surface area contributed by atoms with Crippen LogP contribution in [-0.4, -0.2) is 72.9 Å². The number of nitrogens with one attached hydrogen (secondary N) is 2. The summed E-state index contributed by atoms with van der Waals surface area (Å²) < 4.78 is 32.7. The summed E-state index contributed by atoms with van der Waals surface area (Å²) in [6, 6.07) is 7.90. The van der Waals surface area contributed by atoms with Gasteiger partial charge in [-0.1, -0.05) is 12.1 Å². The lowest BCUT2D eigenvalue weighted by molar-refractivity contribution is -0.119. The number of ether oxygens (including phenoxy) is 1. The molecule has 1 amide bonds. The van der Waals surface area contributed by atoms with Crippen molar-refractivity contribution in [2.75, 3.05) is 43.9 Å². The summed E-state index contributed by atoms with van der Waals surface area (Å²) in [6.07, 6.45) is 10.1. The highest BCUT2D eigenvalue weighted by Crippen LogP contribution is 2.25. The van der Waals surface area contributed by atoms with Crippen molar-refractivity contribution in [3.63, 3.8) is 0 Å². The summed E-state index contributed by atoms with van der Waals surface area (Å²) in [6.45, 7) is 2.50. The lowest BCUT2D eigenvalue weighted by atomic mass is 10.1. The minimum Gasteiger partial charge on any atom is -0.493 e. The summed E-state index contributed by atoms with van der Waals surface area (Å²) in [5.41, 5.74) is 2.37. The Kier molecular flexibility index (Phi) is 8.49. The van der Waals surface area contributed by atoms with E-state index in [4.69, 9.17) is 4.74 Å². The largest absolute Gasteiger partial charge is 0.493 e. The molecule has 0 saturated heterocycles. The molecule has 0 aliphatic carbocycles. The summed E-state index contributed by atoms with van der Waals surface area (Å²) in [5.74, 6) is 2.00. The van der Waals surface area contributed by atoms with E-state index in [9.17, 15) is 13.2 Å². The van der Waals surface area contributed by atoms with Gasteiger partial charge in [0.15, 0.2) is 0 Å². The van der Waals surface area contributed by atoms with Crippen LogP contribution in [0.4, 0.5) is 5.82 Å². The Balaban J connectivity index is 1.35. The highest BCUT2D eigenvalue weighted by Gasteiger charge is 2.15. The van der Waals surface area contributed by atoms with Gasteiger partial charge in [0.05, 0.1) is 32.3 Å². The molecule has 12 heteroatoms. The summed E-state index contributed by atoms with van der Waals surface area (Å²) in [4.78, 5) is 27.6. The van der Waals surface area contributed by atoms with Crippen LogP contribution in [-0.2, 0) is 34.2 Å². The molecule has 2 N–H and O–H groups in total. The van der Waals surface area contributed by atoms with Crippen LogP contribution in [0.3, 0.4) is 0 Å². The average Bonchev–Trinajstić information content (AvgIpc) is 3.52. The van der Waals surface area contributed by atoms with Gasteiger partial charge >= 0.3 is 0 Å². The van der Waals surface area contributed by atoms with Gasteiger partial charge in [-0.25, -0.2) is 28.1 Å². The predicted molar refractivity (Wildman–Crippen MR) is 135 cm³/mol. The van der Waals surface area contributed by atoms with Crippen LogP contribution in [0, 0.1) is 0 Å². The molecule has 1 aliphatic rings. The number of carbonyl (C=O) groups excluding carboxylic acids is 1. The Morgan fingerprint density at radius 2 is 2.11 bits per heavy atom. The van der Waals surface area contributed by atoms with Crippen molar-refractivity contribution in [2.45, 2.75) is 25.8 Å². The van der Waals surface area contributed by atoms with Crippen LogP contribution in [0.1, 0.15) is 23.4 Å². The molecule has 36 heavy (non-hydrogen) atoms. The number of rotatable bonds is 13. The highest BCUT2D eigenvalue weighted by atomic mass is 32.2. The van der Waals surface area contributed by atoms with Crippen LogP contribution in [0.15, 0.2) is 49.2 Å². The van der Waals surface area contributed by atoms with Gasteiger partial charge in [0, 0.05) is 44.6 Å². The topological polar surface area (TPSA) is 131 Å². The fraction of sp³-hybridized carbons (Fsp3) is 0.417. The predicted octanol–water partition coefficient (Wildman–Crippen LogP) is 0.761. The van der Waals surface area contributed by atoms with Crippen LogP contribution < -0.4 is 19.7 Å². The van der Waals surface area contributed by atoms with E-state index in [0.29, 0.717) is 37.7 Å². The van der Waals surface area contributed by atoms with Gasteiger partial charge in [0.25, 0.3) is 0 Å². The molecule has 0 saturated carbocycles. The zero-order chi connectivity index (χ0) is 25.4. The maximum Gasteiger partial charge on any atom is 0.239 e. The summed E-state index contributed by atoms with van der Waals surface area (Å²) in [7, 11) is -3.28. The van der Waals surface area contributed by atoms with Gasteiger partial charge in [-0.3, -0.25) is 4.79 Å². The quantitative estimate of drug-likeness (QED) is 0.320. The number of aromatic nitrogens is 4. The standard InChI is InChI=1S/C24H31N7O4S/c1-36(33,34)28-8-2-12-31(23-6-10-26-22(29-23)16-30-13-11-25-18-30)17-24(32)27-9-5-19-3-4-21-20(15-19)7-14-35-21/h3-4,6,10-11,13,15,18,28H,2,5,7-9,12,14,16-17H2,1H3,(H,27,32). The lowest BCUT2D eigenvalue weighted by Gasteiger charge is -2.23. The Hall–Kier alpha value is -3.51. The van der Waals surface area contributed by atoms with E-state index in [1.54, 1.807) is 24.8 Å². The van der Waals surface area contributed by atoms with Gasteiger partial charge in [-0.2, -0.15) is 0 Å². The second kappa shape index (κ2) is 12.0. The normalized spacial score (nSPS) is 12.7. The number of sulfonamides is 1. The molecule has 0 fully saturated rings. The molecule has 0 bridgehead atoms. The molecular formula is C24H31N7O4S. The van der Waals surface area contributed by atoms with E-state index in [1.165, 1.54) is 5.56 Å². The van der Waals surface area contributed by atoms with E-state index < -0.39 is 10.0 Å². The first kappa shape index (κ1) is 25.6. The maximum absolute atomic E-state index is 12.8. The number of fused-ring (bicyclic) bond motifs is 1.